The van der Waals surface area contributed by atoms with E-state index in [1.54, 1.807) is 19.2 Å². The summed E-state index contributed by atoms with van der Waals surface area (Å²) < 4.78 is 27.6. The fraction of sp³-hybridized carbons (Fsp3) is 0.391. The highest BCUT2D eigenvalue weighted by molar-refractivity contribution is 5.92. The molecule has 0 aliphatic carbocycles. The molecule has 166 valence electrons. The summed E-state index contributed by atoms with van der Waals surface area (Å²) in [6.45, 7) is 4.05. The van der Waals surface area contributed by atoms with Crippen molar-refractivity contribution in [1.29, 1.82) is 0 Å². The van der Waals surface area contributed by atoms with Crippen molar-refractivity contribution in [3.8, 4) is 23.0 Å². The maximum atomic E-state index is 12.4. The first-order valence-electron chi connectivity index (χ1n) is 10.0. The first kappa shape index (κ1) is 22.3. The normalized spacial score (nSPS) is 14.7. The van der Waals surface area contributed by atoms with Gasteiger partial charge in [0.15, 0.2) is 35.7 Å². The Morgan fingerprint density at radius 2 is 1.87 bits per heavy atom. The number of fused-ring (bicyclic) bond motifs is 1. The van der Waals surface area contributed by atoms with Crippen LogP contribution in [0.2, 0.25) is 0 Å². The molecule has 31 heavy (non-hydrogen) atoms. The van der Waals surface area contributed by atoms with E-state index in [1.165, 1.54) is 18.1 Å². The minimum atomic E-state index is -0.623. The Bertz CT molecular complexity index is 928. The number of methoxy groups -OCH3 is 1. The maximum Gasteiger partial charge on any atom is 0.338 e. The molecular weight excluding hydrogens is 402 g/mol. The molecule has 1 amide bonds. The summed E-state index contributed by atoms with van der Waals surface area (Å²) in [5, 5.41) is 0. The molecule has 2 aromatic carbocycles. The van der Waals surface area contributed by atoms with Crippen LogP contribution in [0.25, 0.3) is 0 Å². The van der Waals surface area contributed by atoms with E-state index in [9.17, 15) is 9.59 Å². The zero-order valence-electron chi connectivity index (χ0n) is 18.1. The number of carbonyl (C=O) groups is 2. The van der Waals surface area contributed by atoms with Gasteiger partial charge in [-0.15, -0.1) is 0 Å². The van der Waals surface area contributed by atoms with Crippen molar-refractivity contribution in [3.63, 3.8) is 0 Å². The van der Waals surface area contributed by atoms with Gasteiger partial charge in [0.25, 0.3) is 5.91 Å². The van der Waals surface area contributed by atoms with Gasteiger partial charge < -0.3 is 28.6 Å². The second-order valence-electron chi connectivity index (χ2n) is 7.38. The summed E-state index contributed by atoms with van der Waals surface area (Å²) in [5.41, 5.74) is 0.268. The molecule has 0 unspecified atom stereocenters. The summed E-state index contributed by atoms with van der Waals surface area (Å²) in [7, 11) is 3.12. The van der Waals surface area contributed by atoms with E-state index in [1.807, 2.05) is 38.1 Å². The molecule has 0 aromatic heterocycles. The fourth-order valence-corrected chi connectivity index (χ4v) is 3.03. The lowest BCUT2D eigenvalue weighted by atomic mass is 10.2. The second-order valence-corrected chi connectivity index (χ2v) is 7.38. The van der Waals surface area contributed by atoms with Crippen LogP contribution >= 0.6 is 0 Å². The second kappa shape index (κ2) is 10.1. The number of hydrogen-bond donors (Lipinski definition) is 0. The molecule has 3 rings (SSSR count). The lowest BCUT2D eigenvalue weighted by Crippen LogP contribution is -2.43. The Kier molecular flexibility index (Phi) is 7.23. The quantitative estimate of drug-likeness (QED) is 0.597. The number of esters is 1. The zero-order valence-corrected chi connectivity index (χ0v) is 18.1. The molecule has 0 saturated carbocycles. The van der Waals surface area contributed by atoms with Gasteiger partial charge in [0.2, 0.25) is 0 Å². The van der Waals surface area contributed by atoms with Crippen molar-refractivity contribution < 1.29 is 33.3 Å². The first-order chi connectivity index (χ1) is 14.9. The van der Waals surface area contributed by atoms with Crippen molar-refractivity contribution in [2.24, 2.45) is 0 Å². The van der Waals surface area contributed by atoms with Crippen LogP contribution in [0.5, 0.6) is 23.0 Å². The molecule has 0 fully saturated rings. The Balaban J connectivity index is 1.51. The van der Waals surface area contributed by atoms with Crippen LogP contribution in [-0.4, -0.2) is 62.9 Å². The fourth-order valence-electron chi connectivity index (χ4n) is 3.03. The van der Waals surface area contributed by atoms with E-state index >= 15 is 0 Å². The third-order valence-electron chi connectivity index (χ3n) is 4.56. The van der Waals surface area contributed by atoms with Crippen molar-refractivity contribution in [2.45, 2.75) is 26.1 Å². The number of amides is 1. The number of carbonyl (C=O) groups excluding carboxylic acids is 2. The van der Waals surface area contributed by atoms with E-state index < -0.39 is 5.97 Å². The number of nitrogens with zero attached hydrogens (tertiary/aromatic N) is 1. The Morgan fingerprint density at radius 1 is 1.13 bits per heavy atom. The summed E-state index contributed by atoms with van der Waals surface area (Å²) >= 11 is 0. The Morgan fingerprint density at radius 3 is 2.58 bits per heavy atom. The van der Waals surface area contributed by atoms with E-state index in [-0.39, 0.29) is 30.3 Å². The Hall–Kier alpha value is -3.42. The molecule has 0 spiro atoms. The molecular formula is C23H27NO7. The number of rotatable bonds is 8. The largest absolute Gasteiger partial charge is 0.493 e. The van der Waals surface area contributed by atoms with Crippen molar-refractivity contribution in [1.82, 2.24) is 4.90 Å². The van der Waals surface area contributed by atoms with Crippen molar-refractivity contribution >= 4 is 11.9 Å². The maximum absolute atomic E-state index is 12.4. The third kappa shape index (κ3) is 5.81. The molecule has 0 saturated heterocycles. The predicted molar refractivity (Wildman–Crippen MR) is 113 cm³/mol. The lowest BCUT2D eigenvalue weighted by Gasteiger charge is -2.29. The minimum Gasteiger partial charge on any atom is -0.493 e. The number of benzene rings is 2. The number of ether oxygens (including phenoxy) is 5. The lowest BCUT2D eigenvalue weighted by molar-refractivity contribution is -0.134. The minimum absolute atomic E-state index is 0.0353. The number of para-hydroxylation sites is 2. The highest BCUT2D eigenvalue weighted by Gasteiger charge is 2.24. The van der Waals surface area contributed by atoms with Crippen LogP contribution in [0.3, 0.4) is 0 Å². The van der Waals surface area contributed by atoms with E-state index in [0.29, 0.717) is 36.1 Å². The van der Waals surface area contributed by atoms with Crippen molar-refractivity contribution in [2.75, 3.05) is 33.9 Å². The molecule has 0 bridgehead atoms. The van der Waals surface area contributed by atoms with Crippen molar-refractivity contribution in [3.05, 3.63) is 48.0 Å². The molecule has 1 atom stereocenters. The van der Waals surface area contributed by atoms with Crippen LogP contribution in [-0.2, 0) is 9.53 Å². The van der Waals surface area contributed by atoms with E-state index in [2.05, 4.69) is 0 Å². The van der Waals surface area contributed by atoms with Crippen LogP contribution < -0.4 is 18.9 Å². The van der Waals surface area contributed by atoms with Gasteiger partial charge in [-0.05, 0) is 44.2 Å². The average molecular weight is 429 g/mol. The van der Waals surface area contributed by atoms with Gasteiger partial charge >= 0.3 is 5.97 Å². The molecule has 0 N–H and O–H groups in total. The topological polar surface area (TPSA) is 83.5 Å². The Labute approximate surface area is 181 Å². The first-order valence-corrected chi connectivity index (χ1v) is 10.0. The van der Waals surface area contributed by atoms with Gasteiger partial charge in [0.05, 0.1) is 25.3 Å². The highest BCUT2D eigenvalue weighted by Crippen LogP contribution is 2.31. The molecule has 8 heteroatoms. The van der Waals surface area contributed by atoms with Crippen LogP contribution in [0.4, 0.5) is 0 Å². The highest BCUT2D eigenvalue weighted by atomic mass is 16.6. The summed E-state index contributed by atoms with van der Waals surface area (Å²) in [6, 6.07) is 12.1. The van der Waals surface area contributed by atoms with Gasteiger partial charge in [-0.2, -0.15) is 0 Å². The molecule has 0 radical (unpaired) electrons. The molecule has 2 aromatic rings. The molecule has 1 aliphatic rings. The summed E-state index contributed by atoms with van der Waals surface area (Å²) in [5.74, 6) is 1.30. The van der Waals surface area contributed by atoms with Crippen LogP contribution in [0.1, 0.15) is 24.2 Å². The van der Waals surface area contributed by atoms with E-state index in [0.717, 1.165) is 0 Å². The number of likely N-dealkylation sites (N-methyl/N-ethyl adjacent to an activating group) is 1. The van der Waals surface area contributed by atoms with Gasteiger partial charge in [0, 0.05) is 7.05 Å². The van der Waals surface area contributed by atoms with Gasteiger partial charge in [-0.25, -0.2) is 4.79 Å². The van der Waals surface area contributed by atoms with Gasteiger partial charge in [-0.3, -0.25) is 4.79 Å². The summed E-state index contributed by atoms with van der Waals surface area (Å²) in [4.78, 5) is 26.2. The third-order valence-corrected chi connectivity index (χ3v) is 4.56. The van der Waals surface area contributed by atoms with Crippen LogP contribution in [0.15, 0.2) is 42.5 Å². The molecule has 1 heterocycles. The van der Waals surface area contributed by atoms with E-state index in [4.69, 9.17) is 23.7 Å². The molecule has 1 aliphatic heterocycles. The smallest absolute Gasteiger partial charge is 0.338 e. The predicted octanol–water partition coefficient (Wildman–Crippen LogP) is 2.94. The average Bonchev–Trinajstić information content (AvgIpc) is 2.76. The van der Waals surface area contributed by atoms with Crippen LogP contribution in [0, 0.1) is 0 Å². The number of hydrogen-bond acceptors (Lipinski definition) is 7. The summed E-state index contributed by atoms with van der Waals surface area (Å²) in [6.07, 6.45) is -0.343. The van der Waals surface area contributed by atoms with Gasteiger partial charge in [0.1, 0.15) is 6.61 Å². The molecule has 8 nitrogen and oxygen atoms in total. The zero-order chi connectivity index (χ0) is 22.4. The van der Waals surface area contributed by atoms with Gasteiger partial charge in [-0.1, -0.05) is 12.1 Å². The standard InChI is InChI=1S/C23H27NO7/c1-15(2)30-20-10-9-16(11-21(20)27-4)23(26)29-14-22(25)24(3)12-17-13-28-18-7-5-6-8-19(18)31-17/h5-11,15,17H,12-14H2,1-4H3/t17-/m0/s1. The SMILES string of the molecule is COc1cc(C(=O)OCC(=O)N(C)C[C@H]2COc3ccccc3O2)ccc1OC(C)C. The monoisotopic (exact) mass is 429 g/mol.